The zero-order chi connectivity index (χ0) is 14.5. The lowest BCUT2D eigenvalue weighted by atomic mass is 10.1. The van der Waals surface area contributed by atoms with Crippen LogP contribution in [0, 0.1) is 5.92 Å². The molecule has 2 rings (SSSR count). The van der Waals surface area contributed by atoms with Crippen molar-refractivity contribution in [2.24, 2.45) is 16.6 Å². The van der Waals surface area contributed by atoms with Crippen molar-refractivity contribution < 1.29 is 0 Å². The summed E-state index contributed by atoms with van der Waals surface area (Å²) in [7, 11) is 0. The molecule has 0 bridgehead atoms. The van der Waals surface area contributed by atoms with Gasteiger partial charge in [0.1, 0.15) is 5.84 Å². The minimum atomic E-state index is 0.408. The molecule has 0 amide bonds. The Morgan fingerprint density at radius 3 is 2.65 bits per heavy atom. The molecule has 0 saturated carbocycles. The molecule has 0 saturated heterocycles. The molecule has 0 aliphatic heterocycles. The van der Waals surface area contributed by atoms with Crippen LogP contribution in [0.1, 0.15) is 20.8 Å². The Morgan fingerprint density at radius 1 is 1.25 bits per heavy atom. The Labute approximate surface area is 118 Å². The Morgan fingerprint density at radius 2 is 1.95 bits per heavy atom. The molecule has 0 unspecified atom stereocenters. The Hall–Kier alpha value is -2.43. The Bertz CT molecular complexity index is 676. The van der Waals surface area contributed by atoms with Gasteiger partial charge in [-0.2, -0.15) is 0 Å². The SMILES string of the molecule is CC(/C=C\C(N)=Nc1nccn2ccnc12)=C/C(C)C. The lowest BCUT2D eigenvalue weighted by molar-refractivity contribution is 0.825. The summed E-state index contributed by atoms with van der Waals surface area (Å²) in [4.78, 5) is 12.7. The molecule has 2 N–H and O–H groups in total. The first-order valence-electron chi connectivity index (χ1n) is 6.54. The number of nitrogens with two attached hydrogens (primary N) is 1. The average Bonchev–Trinajstić information content (AvgIpc) is 2.85. The maximum Gasteiger partial charge on any atom is 0.198 e. The molecule has 0 atom stereocenters. The predicted molar refractivity (Wildman–Crippen MR) is 82.0 cm³/mol. The second-order valence-corrected chi connectivity index (χ2v) is 4.93. The van der Waals surface area contributed by atoms with Crippen molar-refractivity contribution in [1.82, 2.24) is 14.4 Å². The van der Waals surface area contributed by atoms with Crippen molar-refractivity contribution in [3.63, 3.8) is 0 Å². The lowest BCUT2D eigenvalue weighted by Crippen LogP contribution is -2.07. The van der Waals surface area contributed by atoms with Crippen molar-refractivity contribution in [3.8, 4) is 0 Å². The fraction of sp³-hybridized carbons (Fsp3) is 0.267. The van der Waals surface area contributed by atoms with Crippen LogP contribution in [0.4, 0.5) is 5.82 Å². The standard InChI is InChI=1S/C15H19N5/c1-11(2)10-12(3)4-5-13(16)19-14-15-18-7-9-20(15)8-6-17-14/h4-11H,1-3H3,(H2,16,17,19)/b5-4-,12-10-. The summed E-state index contributed by atoms with van der Waals surface area (Å²) in [5.74, 6) is 1.44. The molecule has 0 fully saturated rings. The molecule has 0 spiro atoms. The molecule has 0 radical (unpaired) electrons. The van der Waals surface area contributed by atoms with Crippen LogP contribution in [0.5, 0.6) is 0 Å². The molecule has 20 heavy (non-hydrogen) atoms. The van der Waals surface area contributed by atoms with Crippen LogP contribution in [-0.4, -0.2) is 20.2 Å². The summed E-state index contributed by atoms with van der Waals surface area (Å²) in [6.45, 7) is 6.31. The molecule has 5 heteroatoms. The smallest absolute Gasteiger partial charge is 0.198 e. The molecular formula is C15H19N5. The third-order valence-electron chi connectivity index (χ3n) is 2.64. The van der Waals surface area contributed by atoms with Gasteiger partial charge >= 0.3 is 0 Å². The monoisotopic (exact) mass is 269 g/mol. The minimum absolute atomic E-state index is 0.408. The van der Waals surface area contributed by atoms with Crippen LogP contribution in [0.2, 0.25) is 0 Å². The van der Waals surface area contributed by atoms with Gasteiger partial charge in [-0.15, -0.1) is 0 Å². The van der Waals surface area contributed by atoms with Crippen LogP contribution < -0.4 is 5.73 Å². The van der Waals surface area contributed by atoms with E-state index in [2.05, 4.69) is 34.9 Å². The number of rotatable bonds is 4. The van der Waals surface area contributed by atoms with E-state index in [1.54, 1.807) is 18.5 Å². The highest BCUT2D eigenvalue weighted by Gasteiger charge is 2.01. The van der Waals surface area contributed by atoms with Gasteiger partial charge in [-0.05, 0) is 18.9 Å². The van der Waals surface area contributed by atoms with Crippen LogP contribution >= 0.6 is 0 Å². The molecule has 2 heterocycles. The van der Waals surface area contributed by atoms with Crippen molar-refractivity contribution >= 4 is 17.3 Å². The van der Waals surface area contributed by atoms with Crippen LogP contribution in [0.15, 0.2) is 53.6 Å². The number of hydrogen-bond acceptors (Lipinski definition) is 3. The number of aliphatic imine (C=N–C) groups is 1. The maximum absolute atomic E-state index is 5.90. The summed E-state index contributed by atoms with van der Waals surface area (Å²) < 4.78 is 1.85. The Kier molecular flexibility index (Phi) is 4.30. The highest BCUT2D eigenvalue weighted by Crippen LogP contribution is 2.14. The summed E-state index contributed by atoms with van der Waals surface area (Å²) in [6.07, 6.45) is 12.9. The van der Waals surface area contributed by atoms with E-state index in [1.165, 1.54) is 0 Å². The molecule has 2 aromatic rings. The van der Waals surface area contributed by atoms with Crippen LogP contribution in [0.25, 0.3) is 5.65 Å². The van der Waals surface area contributed by atoms with Gasteiger partial charge in [0.15, 0.2) is 11.5 Å². The van der Waals surface area contributed by atoms with E-state index >= 15 is 0 Å². The van der Waals surface area contributed by atoms with Gasteiger partial charge in [-0.25, -0.2) is 15.0 Å². The average molecular weight is 269 g/mol. The minimum Gasteiger partial charge on any atom is -0.384 e. The van der Waals surface area contributed by atoms with E-state index in [0.717, 1.165) is 5.57 Å². The van der Waals surface area contributed by atoms with Crippen molar-refractivity contribution in [2.75, 3.05) is 0 Å². The number of nitrogens with zero attached hydrogens (tertiary/aromatic N) is 4. The largest absolute Gasteiger partial charge is 0.384 e. The highest BCUT2D eigenvalue weighted by molar-refractivity contribution is 5.94. The number of amidine groups is 1. The van der Waals surface area contributed by atoms with E-state index < -0.39 is 0 Å². The molecule has 5 nitrogen and oxygen atoms in total. The fourth-order valence-electron chi connectivity index (χ4n) is 1.88. The first kappa shape index (κ1) is 14.0. The van der Waals surface area contributed by atoms with Crippen LogP contribution in [0.3, 0.4) is 0 Å². The third kappa shape index (κ3) is 3.54. The second kappa shape index (κ2) is 6.14. The first-order chi connectivity index (χ1) is 9.56. The molecule has 0 aliphatic rings. The summed E-state index contributed by atoms with van der Waals surface area (Å²) in [6, 6.07) is 0. The zero-order valence-electron chi connectivity index (χ0n) is 12.0. The first-order valence-corrected chi connectivity index (χ1v) is 6.54. The van der Waals surface area contributed by atoms with Gasteiger partial charge in [-0.3, -0.25) is 0 Å². The summed E-state index contributed by atoms with van der Waals surface area (Å²) in [5, 5.41) is 0. The third-order valence-corrected chi connectivity index (χ3v) is 2.64. The van der Waals surface area contributed by atoms with Crippen molar-refractivity contribution in [3.05, 3.63) is 48.6 Å². The van der Waals surface area contributed by atoms with E-state index in [1.807, 2.05) is 29.8 Å². The van der Waals surface area contributed by atoms with Gasteiger partial charge in [0.2, 0.25) is 0 Å². The number of allylic oxidation sites excluding steroid dienone is 3. The van der Waals surface area contributed by atoms with E-state index in [-0.39, 0.29) is 0 Å². The maximum atomic E-state index is 5.90. The zero-order valence-corrected chi connectivity index (χ0v) is 12.0. The summed E-state index contributed by atoms with van der Waals surface area (Å²) >= 11 is 0. The molecule has 0 aromatic carbocycles. The molecule has 0 aliphatic carbocycles. The Balaban J connectivity index is 2.22. The van der Waals surface area contributed by atoms with Gasteiger partial charge in [-0.1, -0.05) is 31.6 Å². The normalized spacial score (nSPS) is 13.8. The summed E-state index contributed by atoms with van der Waals surface area (Å²) in [5.41, 5.74) is 7.75. The van der Waals surface area contributed by atoms with Crippen molar-refractivity contribution in [2.45, 2.75) is 20.8 Å². The molecular weight excluding hydrogens is 250 g/mol. The van der Waals surface area contributed by atoms with Crippen LogP contribution in [-0.2, 0) is 0 Å². The van der Waals surface area contributed by atoms with E-state index in [0.29, 0.717) is 23.2 Å². The predicted octanol–water partition coefficient (Wildman–Crippen LogP) is 2.88. The topological polar surface area (TPSA) is 68.6 Å². The number of imidazole rings is 1. The highest BCUT2D eigenvalue weighted by atomic mass is 15.1. The van der Waals surface area contributed by atoms with Crippen molar-refractivity contribution in [1.29, 1.82) is 0 Å². The quantitative estimate of drug-likeness (QED) is 0.527. The number of fused-ring (bicyclic) bond motifs is 1. The van der Waals surface area contributed by atoms with Gasteiger partial charge < -0.3 is 10.1 Å². The van der Waals surface area contributed by atoms with Gasteiger partial charge in [0.05, 0.1) is 0 Å². The molecule has 104 valence electrons. The lowest BCUT2D eigenvalue weighted by Gasteiger charge is -1.99. The number of hydrogen-bond donors (Lipinski definition) is 1. The molecule has 2 aromatic heterocycles. The van der Waals surface area contributed by atoms with E-state index in [9.17, 15) is 0 Å². The van der Waals surface area contributed by atoms with Gasteiger partial charge in [0.25, 0.3) is 0 Å². The fourth-order valence-corrected chi connectivity index (χ4v) is 1.88. The van der Waals surface area contributed by atoms with Gasteiger partial charge in [0, 0.05) is 24.8 Å². The van der Waals surface area contributed by atoms with E-state index in [4.69, 9.17) is 5.73 Å². The second-order valence-electron chi connectivity index (χ2n) is 4.93. The number of aromatic nitrogens is 3.